The minimum Gasteiger partial charge on any atom is -0.341 e. The maximum absolute atomic E-state index is 12.5. The van der Waals surface area contributed by atoms with E-state index in [2.05, 4.69) is 31.2 Å². The smallest absolute Gasteiger partial charge is 0.222 e. The predicted octanol–water partition coefficient (Wildman–Crippen LogP) is 3.38. The van der Waals surface area contributed by atoms with E-state index in [-0.39, 0.29) is 18.3 Å². The molecule has 0 fully saturated rings. The van der Waals surface area contributed by atoms with E-state index in [1.54, 1.807) is 0 Å². The molecule has 2 aromatic carbocycles. The summed E-state index contributed by atoms with van der Waals surface area (Å²) in [4.78, 5) is 14.4. The molecule has 0 aliphatic heterocycles. The van der Waals surface area contributed by atoms with E-state index in [0.29, 0.717) is 19.5 Å². The highest BCUT2D eigenvalue weighted by molar-refractivity contribution is 5.85. The van der Waals surface area contributed by atoms with Crippen molar-refractivity contribution in [3.05, 3.63) is 71.3 Å². The van der Waals surface area contributed by atoms with Crippen molar-refractivity contribution in [2.45, 2.75) is 26.2 Å². The summed E-state index contributed by atoms with van der Waals surface area (Å²) < 4.78 is 0. The van der Waals surface area contributed by atoms with Gasteiger partial charge in [-0.2, -0.15) is 0 Å². The van der Waals surface area contributed by atoms with Crippen LogP contribution in [0.3, 0.4) is 0 Å². The minimum absolute atomic E-state index is 0. The zero-order valence-electron chi connectivity index (χ0n) is 14.3. The number of hydrogen-bond donors (Lipinski definition) is 1. The number of halogens is 1. The third-order valence-corrected chi connectivity index (χ3v) is 4.13. The summed E-state index contributed by atoms with van der Waals surface area (Å²) in [6.07, 6.45) is 2.20. The lowest BCUT2D eigenvalue weighted by Crippen LogP contribution is -2.37. The predicted molar refractivity (Wildman–Crippen MR) is 103 cm³/mol. The molecule has 0 saturated heterocycles. The number of rotatable bonds is 8. The topological polar surface area (TPSA) is 46.3 Å². The SMILES string of the molecule is Cc1ccccc1CCC(=O)N(CCN)CCc1ccccc1.Cl. The van der Waals surface area contributed by atoms with Gasteiger partial charge in [0.25, 0.3) is 0 Å². The van der Waals surface area contributed by atoms with Crippen LogP contribution in [0, 0.1) is 6.92 Å². The average Bonchev–Trinajstić information content (AvgIpc) is 2.58. The minimum atomic E-state index is 0. The largest absolute Gasteiger partial charge is 0.341 e. The Morgan fingerprint density at radius 3 is 2.29 bits per heavy atom. The Morgan fingerprint density at radius 1 is 0.958 bits per heavy atom. The fourth-order valence-electron chi connectivity index (χ4n) is 2.72. The lowest BCUT2D eigenvalue weighted by molar-refractivity contribution is -0.131. The molecule has 4 heteroatoms. The molecule has 0 aliphatic carbocycles. The third-order valence-electron chi connectivity index (χ3n) is 4.13. The van der Waals surface area contributed by atoms with Gasteiger partial charge in [0, 0.05) is 26.1 Å². The molecule has 1 amide bonds. The van der Waals surface area contributed by atoms with E-state index in [9.17, 15) is 4.79 Å². The maximum Gasteiger partial charge on any atom is 0.222 e. The molecule has 0 bridgehead atoms. The van der Waals surface area contributed by atoms with Gasteiger partial charge in [-0.25, -0.2) is 0 Å². The molecule has 3 nitrogen and oxygen atoms in total. The Hall–Kier alpha value is -1.84. The Bertz CT molecular complexity index is 616. The van der Waals surface area contributed by atoms with Crippen molar-refractivity contribution in [1.82, 2.24) is 4.90 Å². The summed E-state index contributed by atoms with van der Waals surface area (Å²) >= 11 is 0. The van der Waals surface area contributed by atoms with E-state index < -0.39 is 0 Å². The zero-order valence-corrected chi connectivity index (χ0v) is 15.1. The van der Waals surface area contributed by atoms with Gasteiger partial charge >= 0.3 is 0 Å². The lowest BCUT2D eigenvalue weighted by atomic mass is 10.0. The van der Waals surface area contributed by atoms with Gasteiger partial charge in [0.2, 0.25) is 5.91 Å². The van der Waals surface area contributed by atoms with Crippen molar-refractivity contribution in [3.63, 3.8) is 0 Å². The molecule has 0 heterocycles. The third kappa shape index (κ3) is 6.34. The van der Waals surface area contributed by atoms with E-state index in [1.807, 2.05) is 35.2 Å². The Balaban J connectivity index is 0.00000288. The summed E-state index contributed by atoms with van der Waals surface area (Å²) in [6, 6.07) is 18.5. The summed E-state index contributed by atoms with van der Waals surface area (Å²) in [5, 5.41) is 0. The molecular weight excluding hydrogens is 320 g/mol. The number of hydrogen-bond acceptors (Lipinski definition) is 2. The van der Waals surface area contributed by atoms with Crippen molar-refractivity contribution in [2.75, 3.05) is 19.6 Å². The van der Waals surface area contributed by atoms with E-state index in [0.717, 1.165) is 19.4 Å². The molecule has 0 aliphatic rings. The Kier molecular flexibility index (Phi) is 9.13. The first kappa shape index (κ1) is 20.2. The molecule has 0 saturated carbocycles. The average molecular weight is 347 g/mol. The lowest BCUT2D eigenvalue weighted by Gasteiger charge is -2.22. The van der Waals surface area contributed by atoms with Crippen molar-refractivity contribution in [1.29, 1.82) is 0 Å². The van der Waals surface area contributed by atoms with Crippen LogP contribution in [-0.2, 0) is 17.6 Å². The summed E-state index contributed by atoms with van der Waals surface area (Å²) in [6.45, 7) is 3.95. The van der Waals surface area contributed by atoms with Crippen molar-refractivity contribution < 1.29 is 4.79 Å². The maximum atomic E-state index is 12.5. The molecular formula is C20H27ClN2O. The molecule has 0 spiro atoms. The van der Waals surface area contributed by atoms with Crippen LogP contribution in [0.2, 0.25) is 0 Å². The van der Waals surface area contributed by atoms with E-state index in [1.165, 1.54) is 16.7 Å². The standard InChI is InChI=1S/C20H26N2O.ClH/c1-17-7-5-6-10-19(17)11-12-20(23)22(16-14-21)15-13-18-8-3-2-4-9-18;/h2-10H,11-16,21H2,1H3;1H. The number of carbonyl (C=O) groups is 1. The highest BCUT2D eigenvalue weighted by atomic mass is 35.5. The molecule has 0 aromatic heterocycles. The summed E-state index contributed by atoms with van der Waals surface area (Å²) in [5.41, 5.74) is 9.42. The summed E-state index contributed by atoms with van der Waals surface area (Å²) in [7, 11) is 0. The molecule has 24 heavy (non-hydrogen) atoms. The second kappa shape index (κ2) is 10.8. The molecule has 0 unspecified atom stereocenters. The first-order valence-electron chi connectivity index (χ1n) is 8.27. The van der Waals surface area contributed by atoms with Crippen molar-refractivity contribution >= 4 is 18.3 Å². The number of benzene rings is 2. The summed E-state index contributed by atoms with van der Waals surface area (Å²) in [5.74, 6) is 0.189. The fraction of sp³-hybridized carbons (Fsp3) is 0.350. The molecule has 2 N–H and O–H groups in total. The van der Waals surface area contributed by atoms with Crippen LogP contribution in [0.1, 0.15) is 23.1 Å². The number of aryl methyl sites for hydroxylation is 2. The van der Waals surface area contributed by atoms with Gasteiger partial charge < -0.3 is 10.6 Å². The molecule has 0 atom stereocenters. The van der Waals surface area contributed by atoms with Crippen LogP contribution in [0.5, 0.6) is 0 Å². The number of carbonyl (C=O) groups excluding carboxylic acids is 1. The Morgan fingerprint density at radius 2 is 1.62 bits per heavy atom. The first-order chi connectivity index (χ1) is 11.2. The fourth-order valence-corrected chi connectivity index (χ4v) is 2.72. The van der Waals surface area contributed by atoms with Crippen molar-refractivity contribution in [3.8, 4) is 0 Å². The van der Waals surface area contributed by atoms with Crippen LogP contribution >= 0.6 is 12.4 Å². The van der Waals surface area contributed by atoms with Gasteiger partial charge in [-0.15, -0.1) is 12.4 Å². The monoisotopic (exact) mass is 346 g/mol. The van der Waals surface area contributed by atoms with E-state index in [4.69, 9.17) is 5.73 Å². The number of amides is 1. The first-order valence-corrected chi connectivity index (χ1v) is 8.27. The molecule has 2 aromatic rings. The zero-order chi connectivity index (χ0) is 16.5. The second-order valence-corrected chi connectivity index (χ2v) is 5.83. The van der Waals surface area contributed by atoms with Crippen LogP contribution < -0.4 is 5.73 Å². The van der Waals surface area contributed by atoms with Crippen LogP contribution in [0.25, 0.3) is 0 Å². The highest BCUT2D eigenvalue weighted by Crippen LogP contribution is 2.11. The van der Waals surface area contributed by atoms with E-state index >= 15 is 0 Å². The quantitative estimate of drug-likeness (QED) is 0.796. The Labute approximate surface area is 151 Å². The van der Waals surface area contributed by atoms with Gasteiger partial charge in [0.15, 0.2) is 0 Å². The molecule has 130 valence electrons. The van der Waals surface area contributed by atoms with Gasteiger partial charge in [-0.3, -0.25) is 4.79 Å². The number of nitrogens with zero attached hydrogens (tertiary/aromatic N) is 1. The van der Waals surface area contributed by atoms with Gasteiger partial charge in [-0.05, 0) is 36.5 Å². The van der Waals surface area contributed by atoms with Gasteiger partial charge in [0.1, 0.15) is 0 Å². The normalized spacial score (nSPS) is 10.1. The van der Waals surface area contributed by atoms with Crippen LogP contribution in [0.4, 0.5) is 0 Å². The van der Waals surface area contributed by atoms with Gasteiger partial charge in [-0.1, -0.05) is 54.6 Å². The second-order valence-electron chi connectivity index (χ2n) is 5.83. The van der Waals surface area contributed by atoms with Crippen molar-refractivity contribution in [2.24, 2.45) is 5.73 Å². The molecule has 0 radical (unpaired) electrons. The number of nitrogens with two attached hydrogens (primary N) is 1. The van der Waals surface area contributed by atoms with Crippen LogP contribution in [0.15, 0.2) is 54.6 Å². The molecule has 2 rings (SSSR count). The highest BCUT2D eigenvalue weighted by Gasteiger charge is 2.13. The van der Waals surface area contributed by atoms with Crippen LogP contribution in [-0.4, -0.2) is 30.4 Å². The van der Waals surface area contributed by atoms with Gasteiger partial charge in [0.05, 0.1) is 0 Å².